The molecule has 1 saturated heterocycles. The summed E-state index contributed by atoms with van der Waals surface area (Å²) in [7, 11) is 0. The van der Waals surface area contributed by atoms with Crippen LogP contribution in [-0.4, -0.2) is 125 Å². The summed E-state index contributed by atoms with van der Waals surface area (Å²) in [6, 6.07) is 1.96. The van der Waals surface area contributed by atoms with Gasteiger partial charge in [0.1, 0.15) is 24.4 Å². The maximum Gasteiger partial charge on any atom is 0.338 e. The summed E-state index contributed by atoms with van der Waals surface area (Å²) in [6.45, 7) is 11.4. The van der Waals surface area contributed by atoms with Crippen molar-refractivity contribution in [3.05, 3.63) is 29.3 Å². The van der Waals surface area contributed by atoms with E-state index in [9.17, 15) is 60.7 Å². The number of allylic oxidation sites excluding steroid dienone is 1. The Balaban J connectivity index is 1.21. The number of carbonyl (C=O) groups excluding carboxylic acids is 2. The highest BCUT2D eigenvalue weighted by molar-refractivity contribution is 5.91. The molecule has 15 nitrogen and oxygen atoms in total. The van der Waals surface area contributed by atoms with Crippen molar-refractivity contribution in [3.63, 3.8) is 0 Å². The van der Waals surface area contributed by atoms with Gasteiger partial charge in [0.15, 0.2) is 17.2 Å². The summed E-state index contributed by atoms with van der Waals surface area (Å²) in [6.07, 6.45) is -5.31. The summed E-state index contributed by atoms with van der Waals surface area (Å²) in [5, 5.41) is 107. The molecule has 1 aromatic carbocycles. The number of rotatable bonds is 6. The Morgan fingerprint density at radius 3 is 2.09 bits per heavy atom. The normalized spacial score (nSPS) is 47.0. The van der Waals surface area contributed by atoms with Gasteiger partial charge >= 0.3 is 11.9 Å². The van der Waals surface area contributed by atoms with Crippen molar-refractivity contribution in [2.75, 3.05) is 13.2 Å². The zero-order chi connectivity index (χ0) is 42.7. The van der Waals surface area contributed by atoms with Crippen LogP contribution in [0, 0.1) is 50.2 Å². The van der Waals surface area contributed by atoms with Crippen LogP contribution >= 0.6 is 0 Å². The smallest absolute Gasteiger partial charge is 0.338 e. The molecular weight excluding hydrogens is 756 g/mol. The van der Waals surface area contributed by atoms with E-state index in [1.807, 2.05) is 20.8 Å². The molecule has 4 unspecified atom stereocenters. The number of esters is 2. The second kappa shape index (κ2) is 14.3. The molecule has 324 valence electrons. The SMILES string of the molecule is CC1(C)CC[C@]2(C(=O)O[C@@H]3OC(CO)[C@@H](O)[C@H](O)C3O)CC[C@]3(C)C(=CCC4[C@@]5(C)C[C@@H](O)[C@@H](O)[C@@](C)(COC(=O)c6cc(O)c(O)c(O)c6)C5CC[C@]43C)[C@@H]2[C@@H]1O. The summed E-state index contributed by atoms with van der Waals surface area (Å²) >= 11 is 0. The standard InChI is InChI=1S/C43H62O15/c1-38(2)11-13-43(37(55)58-36-32(51)31(50)30(49)25(18-44)57-36)14-12-41(5)21(28(43)34(38)53)7-8-27-39(3)17-24(47)33(52)40(4,26(39)9-10-42(27,41)6)19-56-35(54)20-15-22(45)29(48)23(46)16-20/h7,15-16,24-28,30-34,36,44-53H,8-14,17-19H2,1-6H3/t24-,25?,26?,27?,28-,30-,31+,32?,33-,34+,36+,39+,40+,41-,42-,43+/m1/s1. The quantitative estimate of drug-likeness (QED) is 0.112. The number of phenolic OH excluding ortho intramolecular Hbond substituents is 3. The molecular formula is C43H62O15. The Bertz CT molecular complexity index is 1810. The van der Waals surface area contributed by atoms with E-state index in [-0.39, 0.29) is 30.4 Å². The van der Waals surface area contributed by atoms with Crippen LogP contribution in [0.3, 0.4) is 0 Å². The Kier molecular flexibility index (Phi) is 10.6. The van der Waals surface area contributed by atoms with Crippen molar-refractivity contribution in [1.82, 2.24) is 0 Å². The fraction of sp³-hybridized carbons (Fsp3) is 0.767. The molecule has 10 N–H and O–H groups in total. The molecule has 4 saturated carbocycles. The van der Waals surface area contributed by atoms with E-state index in [0.717, 1.165) is 17.7 Å². The van der Waals surface area contributed by atoms with E-state index in [2.05, 4.69) is 26.8 Å². The largest absolute Gasteiger partial charge is 0.504 e. The van der Waals surface area contributed by atoms with Gasteiger partial charge < -0.3 is 65.3 Å². The lowest BCUT2D eigenvalue weighted by Crippen LogP contribution is -2.69. The molecule has 7 rings (SSSR count). The number of benzene rings is 1. The fourth-order valence-electron chi connectivity index (χ4n) is 13.1. The fourth-order valence-corrected chi connectivity index (χ4v) is 13.1. The van der Waals surface area contributed by atoms with E-state index in [1.54, 1.807) is 0 Å². The van der Waals surface area contributed by atoms with Crippen LogP contribution in [0.4, 0.5) is 0 Å². The topological polar surface area (TPSA) is 264 Å². The second-order valence-electron chi connectivity index (χ2n) is 20.1. The Labute approximate surface area is 338 Å². The molecule has 0 bridgehead atoms. The maximum absolute atomic E-state index is 14.6. The molecule has 1 aliphatic heterocycles. The summed E-state index contributed by atoms with van der Waals surface area (Å²) in [5.41, 5.74) is -3.65. The third-order valence-electron chi connectivity index (χ3n) is 16.9. The molecule has 6 aliphatic rings. The van der Waals surface area contributed by atoms with Crippen molar-refractivity contribution in [2.45, 2.75) is 142 Å². The number of aliphatic hydroxyl groups is 7. The Hall–Kier alpha value is -3.02. The molecule has 58 heavy (non-hydrogen) atoms. The highest BCUT2D eigenvalue weighted by Gasteiger charge is 2.72. The van der Waals surface area contributed by atoms with E-state index in [1.165, 1.54) is 0 Å². The minimum atomic E-state index is -1.77. The lowest BCUT2D eigenvalue weighted by molar-refractivity contribution is -0.298. The molecule has 0 amide bonds. The van der Waals surface area contributed by atoms with Crippen LogP contribution in [0.2, 0.25) is 0 Å². The molecule has 5 aliphatic carbocycles. The van der Waals surface area contributed by atoms with Gasteiger partial charge in [0, 0.05) is 11.3 Å². The third kappa shape index (κ3) is 6.04. The lowest BCUT2D eigenvalue weighted by Gasteiger charge is -2.71. The van der Waals surface area contributed by atoms with Gasteiger partial charge in [-0.15, -0.1) is 0 Å². The second-order valence-corrected chi connectivity index (χ2v) is 20.1. The zero-order valence-electron chi connectivity index (χ0n) is 34.2. The summed E-state index contributed by atoms with van der Waals surface area (Å²) in [4.78, 5) is 27.8. The zero-order valence-corrected chi connectivity index (χ0v) is 34.2. The Morgan fingerprint density at radius 1 is 0.810 bits per heavy atom. The average Bonchev–Trinajstić information content (AvgIpc) is 3.16. The van der Waals surface area contributed by atoms with Gasteiger partial charge in [0.05, 0.1) is 42.5 Å². The van der Waals surface area contributed by atoms with Crippen molar-refractivity contribution in [2.24, 2.45) is 50.2 Å². The number of aliphatic hydroxyl groups excluding tert-OH is 7. The van der Waals surface area contributed by atoms with E-state index < -0.39 is 123 Å². The highest BCUT2D eigenvalue weighted by atomic mass is 16.7. The van der Waals surface area contributed by atoms with E-state index >= 15 is 0 Å². The third-order valence-corrected chi connectivity index (χ3v) is 16.9. The number of phenols is 3. The summed E-state index contributed by atoms with van der Waals surface area (Å²) < 4.78 is 17.2. The van der Waals surface area contributed by atoms with Crippen molar-refractivity contribution in [3.8, 4) is 17.2 Å². The van der Waals surface area contributed by atoms with Crippen LogP contribution in [0.5, 0.6) is 17.2 Å². The molecule has 5 fully saturated rings. The van der Waals surface area contributed by atoms with Gasteiger partial charge in [0.25, 0.3) is 0 Å². The first-order chi connectivity index (χ1) is 26.9. The van der Waals surface area contributed by atoms with Gasteiger partial charge in [-0.1, -0.05) is 53.2 Å². The molecule has 1 heterocycles. The van der Waals surface area contributed by atoms with Crippen molar-refractivity contribution in [1.29, 1.82) is 0 Å². The minimum absolute atomic E-state index is 0.0435. The summed E-state index contributed by atoms with van der Waals surface area (Å²) in [5.74, 6) is -4.67. The van der Waals surface area contributed by atoms with Gasteiger partial charge in [-0.25, -0.2) is 4.79 Å². The van der Waals surface area contributed by atoms with Crippen molar-refractivity contribution < 1.29 is 74.9 Å². The first-order valence-electron chi connectivity index (χ1n) is 20.6. The molecule has 0 aromatic heterocycles. The number of hydrogen-bond donors (Lipinski definition) is 10. The monoisotopic (exact) mass is 818 g/mol. The molecule has 1 aromatic rings. The van der Waals surface area contributed by atoms with Crippen LogP contribution in [0.25, 0.3) is 0 Å². The van der Waals surface area contributed by atoms with Gasteiger partial charge in [-0.2, -0.15) is 0 Å². The molecule has 0 spiro atoms. The lowest BCUT2D eigenvalue weighted by atomic mass is 9.33. The maximum atomic E-state index is 14.6. The van der Waals surface area contributed by atoms with E-state index in [4.69, 9.17) is 14.2 Å². The molecule has 15 heteroatoms. The number of hydrogen-bond acceptors (Lipinski definition) is 15. The number of ether oxygens (including phenoxy) is 3. The minimum Gasteiger partial charge on any atom is -0.504 e. The number of aromatic hydroxyl groups is 3. The predicted molar refractivity (Wildman–Crippen MR) is 204 cm³/mol. The number of fused-ring (bicyclic) bond motifs is 7. The van der Waals surface area contributed by atoms with Gasteiger partial charge in [-0.3, -0.25) is 4.79 Å². The van der Waals surface area contributed by atoms with Crippen molar-refractivity contribution >= 4 is 11.9 Å². The van der Waals surface area contributed by atoms with Crippen LogP contribution < -0.4 is 0 Å². The average molecular weight is 819 g/mol. The number of carbonyl (C=O) groups is 2. The van der Waals surface area contributed by atoms with Crippen LogP contribution in [-0.2, 0) is 19.0 Å². The van der Waals surface area contributed by atoms with Gasteiger partial charge in [0.2, 0.25) is 6.29 Å². The van der Waals surface area contributed by atoms with E-state index in [0.29, 0.717) is 44.9 Å². The first-order valence-corrected chi connectivity index (χ1v) is 20.6. The Morgan fingerprint density at radius 2 is 1.45 bits per heavy atom. The molecule has 16 atom stereocenters. The van der Waals surface area contributed by atoms with Gasteiger partial charge in [-0.05, 0) is 97.0 Å². The highest BCUT2D eigenvalue weighted by Crippen LogP contribution is 2.76. The predicted octanol–water partition coefficient (Wildman–Crippen LogP) is 2.39. The first kappa shape index (κ1) is 43.1. The van der Waals surface area contributed by atoms with Crippen LogP contribution in [0.1, 0.15) is 103 Å². The van der Waals surface area contributed by atoms with Crippen LogP contribution in [0.15, 0.2) is 23.8 Å². The molecule has 0 radical (unpaired) electrons.